The Hall–Kier alpha value is -3.11. The molecule has 2 aliphatic rings. The van der Waals surface area contributed by atoms with E-state index in [2.05, 4.69) is 5.32 Å². The molecule has 2 heterocycles. The molecular weight excluding hydrogens is 448 g/mol. The highest BCUT2D eigenvalue weighted by molar-refractivity contribution is 7.89. The number of anilines is 1. The first-order chi connectivity index (χ1) is 15.8. The maximum absolute atomic E-state index is 13.0. The molecule has 1 fully saturated rings. The molecule has 1 N–H and O–H groups in total. The van der Waals surface area contributed by atoms with Crippen molar-refractivity contribution in [2.45, 2.75) is 44.1 Å². The van der Waals surface area contributed by atoms with Crippen LogP contribution in [0.2, 0.25) is 0 Å². The summed E-state index contributed by atoms with van der Waals surface area (Å²) in [6.07, 6.45) is 1.53. The summed E-state index contributed by atoms with van der Waals surface area (Å²) in [7, 11) is -3.70. The first-order valence-electron chi connectivity index (χ1n) is 10.8. The number of benzene rings is 2. The third kappa shape index (κ3) is 4.96. The zero-order chi connectivity index (χ0) is 23.6. The number of piperidine rings is 1. The van der Waals surface area contributed by atoms with Gasteiger partial charge in [0, 0.05) is 24.8 Å². The van der Waals surface area contributed by atoms with E-state index in [9.17, 15) is 18.0 Å². The number of sulfonamides is 1. The van der Waals surface area contributed by atoms with Crippen molar-refractivity contribution in [3.63, 3.8) is 0 Å². The first-order valence-corrected chi connectivity index (χ1v) is 12.2. The molecule has 0 radical (unpaired) electrons. The van der Waals surface area contributed by atoms with Gasteiger partial charge in [0.2, 0.25) is 16.8 Å². The molecule has 1 unspecified atom stereocenters. The molecule has 0 saturated carbocycles. The fraction of sp³-hybridized carbons (Fsp3) is 0.391. The third-order valence-corrected chi connectivity index (χ3v) is 7.57. The predicted molar refractivity (Wildman–Crippen MR) is 120 cm³/mol. The molecule has 1 saturated heterocycles. The molecule has 176 valence electrons. The monoisotopic (exact) mass is 474 g/mol. The number of nitrogens with zero attached hydrogens (tertiary/aromatic N) is 1. The van der Waals surface area contributed by atoms with Crippen LogP contribution >= 0.6 is 0 Å². The first kappa shape index (κ1) is 23.1. The lowest BCUT2D eigenvalue weighted by molar-refractivity contribution is -0.123. The smallest absolute Gasteiger partial charge is 0.339 e. The quantitative estimate of drug-likeness (QED) is 0.641. The zero-order valence-corrected chi connectivity index (χ0v) is 19.3. The molecule has 0 spiro atoms. The second kappa shape index (κ2) is 9.40. The van der Waals surface area contributed by atoms with Gasteiger partial charge in [-0.1, -0.05) is 12.5 Å². The number of rotatable bonds is 6. The molecule has 1 amide bonds. The maximum atomic E-state index is 13.0. The van der Waals surface area contributed by atoms with Gasteiger partial charge in [0.15, 0.2) is 17.6 Å². The van der Waals surface area contributed by atoms with Gasteiger partial charge in [-0.25, -0.2) is 13.2 Å². The van der Waals surface area contributed by atoms with Crippen molar-refractivity contribution in [1.82, 2.24) is 4.31 Å². The van der Waals surface area contributed by atoms with Crippen LogP contribution in [0.4, 0.5) is 5.69 Å². The normalized spacial score (nSPS) is 16.8. The van der Waals surface area contributed by atoms with Gasteiger partial charge < -0.3 is 19.5 Å². The van der Waals surface area contributed by atoms with E-state index in [0.29, 0.717) is 35.8 Å². The topological polar surface area (TPSA) is 111 Å². The standard InChI is InChI=1S/C23H26N2O7S/c1-15-6-8-18(33(28,29)25-10-4-3-5-11-25)13-19(15)23(27)32-16(2)22(26)24-17-7-9-20-21(12-17)31-14-30-20/h6-9,12-13,16H,3-5,10-11,14H2,1-2H3,(H,24,26). The highest BCUT2D eigenvalue weighted by Gasteiger charge is 2.28. The van der Waals surface area contributed by atoms with Crippen LogP contribution in [0, 0.1) is 6.92 Å². The third-order valence-electron chi connectivity index (χ3n) is 5.67. The van der Waals surface area contributed by atoms with Crippen LogP contribution in [0.1, 0.15) is 42.1 Å². The van der Waals surface area contributed by atoms with Crippen molar-refractivity contribution in [1.29, 1.82) is 0 Å². The summed E-state index contributed by atoms with van der Waals surface area (Å²) in [5.41, 5.74) is 1.13. The molecule has 10 heteroatoms. The molecule has 33 heavy (non-hydrogen) atoms. The molecule has 0 aliphatic carbocycles. The molecule has 1 atom stereocenters. The number of amides is 1. The maximum Gasteiger partial charge on any atom is 0.339 e. The molecule has 2 aromatic rings. The minimum atomic E-state index is -3.70. The minimum absolute atomic E-state index is 0.0411. The molecule has 2 aromatic carbocycles. The van der Waals surface area contributed by atoms with E-state index < -0.39 is 28.0 Å². The highest BCUT2D eigenvalue weighted by atomic mass is 32.2. The number of aryl methyl sites for hydroxylation is 1. The molecule has 9 nitrogen and oxygen atoms in total. The molecule has 0 aromatic heterocycles. The van der Waals surface area contributed by atoms with Gasteiger partial charge in [-0.2, -0.15) is 4.31 Å². The summed E-state index contributed by atoms with van der Waals surface area (Å²) in [5, 5.41) is 2.67. The van der Waals surface area contributed by atoms with Gasteiger partial charge in [0.05, 0.1) is 10.5 Å². The number of ether oxygens (including phenoxy) is 3. The van der Waals surface area contributed by atoms with Crippen molar-refractivity contribution in [2.75, 3.05) is 25.2 Å². The average Bonchev–Trinajstić information content (AvgIpc) is 3.27. The molecule has 4 rings (SSSR count). The number of nitrogens with one attached hydrogen (secondary N) is 1. The van der Waals surface area contributed by atoms with Crippen molar-refractivity contribution in [3.8, 4) is 11.5 Å². The van der Waals surface area contributed by atoms with E-state index in [1.54, 1.807) is 31.2 Å². The van der Waals surface area contributed by atoms with Crippen LogP contribution in [0.3, 0.4) is 0 Å². The molecular formula is C23H26N2O7S. The summed E-state index contributed by atoms with van der Waals surface area (Å²) in [6.45, 7) is 4.18. The summed E-state index contributed by atoms with van der Waals surface area (Å²) < 4.78 is 43.3. The Balaban J connectivity index is 1.45. The fourth-order valence-corrected chi connectivity index (χ4v) is 5.28. The molecule has 0 bridgehead atoms. The Morgan fingerprint density at radius 1 is 1.03 bits per heavy atom. The van der Waals surface area contributed by atoms with E-state index in [-0.39, 0.29) is 17.3 Å². The number of esters is 1. The van der Waals surface area contributed by atoms with E-state index in [1.165, 1.54) is 23.4 Å². The van der Waals surface area contributed by atoms with Gasteiger partial charge in [-0.15, -0.1) is 0 Å². The van der Waals surface area contributed by atoms with Crippen molar-refractivity contribution >= 4 is 27.6 Å². The summed E-state index contributed by atoms with van der Waals surface area (Å²) in [5.74, 6) is -0.198. The fourth-order valence-electron chi connectivity index (χ4n) is 3.73. The van der Waals surface area contributed by atoms with Crippen LogP contribution in [0.5, 0.6) is 11.5 Å². The Bertz CT molecular complexity index is 1170. The van der Waals surface area contributed by atoms with E-state index in [1.807, 2.05) is 0 Å². The Morgan fingerprint density at radius 3 is 2.52 bits per heavy atom. The van der Waals surface area contributed by atoms with Crippen molar-refractivity contribution < 1.29 is 32.2 Å². The number of carbonyl (C=O) groups is 2. The van der Waals surface area contributed by atoms with Crippen molar-refractivity contribution in [2.24, 2.45) is 0 Å². The van der Waals surface area contributed by atoms with Crippen LogP contribution in [0.15, 0.2) is 41.3 Å². The average molecular weight is 475 g/mol. The summed E-state index contributed by atoms with van der Waals surface area (Å²) in [4.78, 5) is 25.4. The van der Waals surface area contributed by atoms with Crippen molar-refractivity contribution in [3.05, 3.63) is 47.5 Å². The minimum Gasteiger partial charge on any atom is -0.454 e. The Labute approximate surface area is 192 Å². The van der Waals surface area contributed by atoms with Gasteiger partial charge >= 0.3 is 5.97 Å². The summed E-state index contributed by atoms with van der Waals surface area (Å²) >= 11 is 0. The molecule has 2 aliphatic heterocycles. The van der Waals surface area contributed by atoms with Crippen LogP contribution in [0.25, 0.3) is 0 Å². The SMILES string of the molecule is Cc1ccc(S(=O)(=O)N2CCCCC2)cc1C(=O)OC(C)C(=O)Nc1ccc2c(c1)OCO2. The van der Waals surface area contributed by atoms with Gasteiger partial charge in [-0.05, 0) is 56.5 Å². The number of hydrogen-bond donors (Lipinski definition) is 1. The van der Waals surface area contributed by atoms with Gasteiger partial charge in [0.1, 0.15) is 0 Å². The van der Waals surface area contributed by atoms with Gasteiger partial charge in [-0.3, -0.25) is 4.79 Å². The Morgan fingerprint density at radius 2 is 1.76 bits per heavy atom. The lowest BCUT2D eigenvalue weighted by Crippen LogP contribution is -2.35. The van der Waals surface area contributed by atoms with Crippen LogP contribution in [-0.2, 0) is 19.6 Å². The predicted octanol–water partition coefficient (Wildman–Crippen LogP) is 3.08. The zero-order valence-electron chi connectivity index (χ0n) is 18.5. The number of hydrogen-bond acceptors (Lipinski definition) is 7. The number of carbonyl (C=O) groups excluding carboxylic acids is 2. The lowest BCUT2D eigenvalue weighted by atomic mass is 10.1. The van der Waals surface area contributed by atoms with E-state index in [4.69, 9.17) is 14.2 Å². The second-order valence-corrected chi connectivity index (χ2v) is 9.98. The highest BCUT2D eigenvalue weighted by Crippen LogP contribution is 2.34. The second-order valence-electron chi connectivity index (χ2n) is 8.05. The van der Waals surface area contributed by atoms with Crippen LogP contribution in [-0.4, -0.2) is 50.6 Å². The Kier molecular flexibility index (Phi) is 6.57. The number of fused-ring (bicyclic) bond motifs is 1. The van der Waals surface area contributed by atoms with E-state index >= 15 is 0 Å². The van der Waals surface area contributed by atoms with Crippen LogP contribution < -0.4 is 14.8 Å². The van der Waals surface area contributed by atoms with E-state index in [0.717, 1.165) is 19.3 Å². The van der Waals surface area contributed by atoms with Gasteiger partial charge in [0.25, 0.3) is 5.91 Å². The lowest BCUT2D eigenvalue weighted by Gasteiger charge is -2.26. The largest absolute Gasteiger partial charge is 0.454 e. The summed E-state index contributed by atoms with van der Waals surface area (Å²) in [6, 6.07) is 9.33.